The summed E-state index contributed by atoms with van der Waals surface area (Å²) >= 11 is 10.1. The van der Waals surface area contributed by atoms with Gasteiger partial charge in [-0.05, 0) is 76.6 Å². The second-order valence-electron chi connectivity index (χ2n) is 6.58. The third-order valence-corrected chi connectivity index (χ3v) is 5.94. The Labute approximate surface area is 208 Å². The van der Waals surface area contributed by atoms with Gasteiger partial charge in [0, 0.05) is 10.7 Å². The molecule has 0 aromatic heterocycles. The number of halogens is 2. The summed E-state index contributed by atoms with van der Waals surface area (Å²) in [7, 11) is 0. The highest BCUT2D eigenvalue weighted by atomic mass is 79.9. The van der Waals surface area contributed by atoms with Gasteiger partial charge >= 0.3 is 0 Å². The largest absolute Gasteiger partial charge is 0.490 e. The smallest absolute Gasteiger partial charge is 0.294 e. The molecule has 1 aliphatic rings. The summed E-state index contributed by atoms with van der Waals surface area (Å²) in [4.78, 5) is 38.6. The van der Waals surface area contributed by atoms with Gasteiger partial charge < -0.3 is 14.8 Å². The molecule has 170 valence electrons. The van der Waals surface area contributed by atoms with Crippen LogP contribution in [-0.4, -0.2) is 41.7 Å². The van der Waals surface area contributed by atoms with E-state index in [0.717, 1.165) is 16.7 Å². The number of nitrogens with one attached hydrogen (secondary N) is 1. The Hall–Kier alpha value is -2.93. The molecule has 3 amide bonds. The molecule has 2 aromatic rings. The van der Waals surface area contributed by atoms with Crippen LogP contribution >= 0.6 is 39.3 Å². The maximum Gasteiger partial charge on any atom is 0.294 e. The van der Waals surface area contributed by atoms with Crippen LogP contribution in [-0.2, 0) is 9.59 Å². The number of terminal acetylenes is 1. The minimum Gasteiger partial charge on any atom is -0.490 e. The molecule has 0 radical (unpaired) electrons. The summed E-state index contributed by atoms with van der Waals surface area (Å²) in [6, 6.07) is 9.97. The highest BCUT2D eigenvalue weighted by Gasteiger charge is 2.36. The molecule has 10 heteroatoms. The van der Waals surface area contributed by atoms with Crippen LogP contribution in [0.25, 0.3) is 6.08 Å². The Kier molecular flexibility index (Phi) is 8.44. The Morgan fingerprint density at radius 1 is 1.30 bits per heavy atom. The highest BCUT2D eigenvalue weighted by molar-refractivity contribution is 9.10. The monoisotopic (exact) mass is 548 g/mol. The number of carbonyl (C=O) groups is 3. The van der Waals surface area contributed by atoms with Crippen LogP contribution in [0, 0.1) is 12.3 Å². The predicted molar refractivity (Wildman–Crippen MR) is 132 cm³/mol. The molecule has 0 unspecified atom stereocenters. The molecule has 0 spiro atoms. The van der Waals surface area contributed by atoms with E-state index in [-0.39, 0.29) is 11.5 Å². The lowest BCUT2D eigenvalue weighted by Gasteiger charge is -2.13. The first-order valence-corrected chi connectivity index (χ1v) is 11.6. The number of hydrogen-bond acceptors (Lipinski definition) is 6. The van der Waals surface area contributed by atoms with Crippen molar-refractivity contribution in [3.05, 3.63) is 56.4 Å². The van der Waals surface area contributed by atoms with Gasteiger partial charge in [0.25, 0.3) is 11.1 Å². The molecule has 33 heavy (non-hydrogen) atoms. The zero-order valence-corrected chi connectivity index (χ0v) is 20.6. The van der Waals surface area contributed by atoms with E-state index in [0.29, 0.717) is 38.9 Å². The van der Waals surface area contributed by atoms with Crippen LogP contribution in [0.3, 0.4) is 0 Å². The summed E-state index contributed by atoms with van der Waals surface area (Å²) in [5, 5.41) is 2.54. The molecule has 2 aromatic carbocycles. The standard InChI is InChI=1S/C23H18BrClN2O5S/c1-3-8-32-21-17(24)9-14(10-18(21)31-4-2)11-19-22(29)27(23(30)33-19)13-20(28)26-16-7-5-6-15(25)12-16/h1,5-7,9-12H,4,8,13H2,2H3,(H,26,28)/b19-11-. The van der Waals surface area contributed by atoms with E-state index in [4.69, 9.17) is 27.5 Å². The van der Waals surface area contributed by atoms with Crippen LogP contribution in [0.4, 0.5) is 10.5 Å². The number of amides is 3. The topological polar surface area (TPSA) is 84.9 Å². The molecule has 1 N–H and O–H groups in total. The summed E-state index contributed by atoms with van der Waals surface area (Å²) in [6.07, 6.45) is 6.82. The van der Waals surface area contributed by atoms with Gasteiger partial charge in [0.1, 0.15) is 13.2 Å². The molecule has 7 nitrogen and oxygen atoms in total. The first kappa shape index (κ1) is 24.7. The van der Waals surface area contributed by atoms with E-state index in [9.17, 15) is 14.4 Å². The second kappa shape index (κ2) is 11.3. The van der Waals surface area contributed by atoms with E-state index in [2.05, 4.69) is 27.2 Å². The van der Waals surface area contributed by atoms with Crippen molar-refractivity contribution in [1.29, 1.82) is 0 Å². The van der Waals surface area contributed by atoms with Crippen molar-refractivity contribution in [2.75, 3.05) is 25.1 Å². The average molecular weight is 550 g/mol. The molecular weight excluding hydrogens is 532 g/mol. The number of rotatable bonds is 8. The third kappa shape index (κ3) is 6.32. The molecule has 1 fully saturated rings. The van der Waals surface area contributed by atoms with Gasteiger partial charge in [-0.25, -0.2) is 0 Å². The maximum atomic E-state index is 12.8. The molecule has 1 saturated heterocycles. The van der Waals surface area contributed by atoms with E-state index < -0.39 is 23.6 Å². The molecule has 0 bridgehead atoms. The predicted octanol–water partition coefficient (Wildman–Crippen LogP) is 5.19. The lowest BCUT2D eigenvalue weighted by molar-refractivity contribution is -0.127. The third-order valence-electron chi connectivity index (χ3n) is 4.21. The minimum atomic E-state index is -0.562. The summed E-state index contributed by atoms with van der Waals surface area (Å²) in [6.45, 7) is 1.86. The van der Waals surface area contributed by atoms with Crippen LogP contribution in [0.2, 0.25) is 5.02 Å². The normalized spacial score (nSPS) is 14.4. The van der Waals surface area contributed by atoms with Crippen LogP contribution in [0.1, 0.15) is 12.5 Å². The quantitative estimate of drug-likeness (QED) is 0.360. The molecule has 1 aliphatic heterocycles. The number of anilines is 1. The van der Waals surface area contributed by atoms with Crippen molar-refractivity contribution >= 4 is 68.1 Å². The number of thioether (sulfide) groups is 1. The lowest BCUT2D eigenvalue weighted by atomic mass is 10.2. The Balaban J connectivity index is 1.77. The van der Waals surface area contributed by atoms with Gasteiger partial charge in [0.15, 0.2) is 11.5 Å². The molecule has 3 rings (SSSR count). The van der Waals surface area contributed by atoms with E-state index >= 15 is 0 Å². The van der Waals surface area contributed by atoms with E-state index in [1.54, 1.807) is 42.5 Å². The van der Waals surface area contributed by atoms with Crippen LogP contribution in [0.5, 0.6) is 11.5 Å². The Morgan fingerprint density at radius 2 is 2.09 bits per heavy atom. The first-order chi connectivity index (χ1) is 15.8. The minimum absolute atomic E-state index is 0.0637. The van der Waals surface area contributed by atoms with Gasteiger partial charge in [0.05, 0.1) is 16.0 Å². The summed E-state index contributed by atoms with van der Waals surface area (Å²) in [5.41, 5.74) is 1.07. The summed E-state index contributed by atoms with van der Waals surface area (Å²) < 4.78 is 11.7. The second-order valence-corrected chi connectivity index (χ2v) is 8.87. The average Bonchev–Trinajstić information content (AvgIpc) is 3.00. The summed E-state index contributed by atoms with van der Waals surface area (Å²) in [5.74, 6) is 2.20. The van der Waals surface area contributed by atoms with Crippen molar-refractivity contribution in [2.45, 2.75) is 6.92 Å². The van der Waals surface area contributed by atoms with Gasteiger partial charge in [-0.1, -0.05) is 23.6 Å². The van der Waals surface area contributed by atoms with E-state index in [1.807, 2.05) is 6.92 Å². The lowest BCUT2D eigenvalue weighted by Crippen LogP contribution is -2.36. The Morgan fingerprint density at radius 3 is 2.79 bits per heavy atom. The van der Waals surface area contributed by atoms with Crippen molar-refractivity contribution in [2.24, 2.45) is 0 Å². The van der Waals surface area contributed by atoms with Crippen LogP contribution < -0.4 is 14.8 Å². The number of nitrogens with zero attached hydrogens (tertiary/aromatic N) is 1. The van der Waals surface area contributed by atoms with Crippen molar-refractivity contribution in [1.82, 2.24) is 4.90 Å². The van der Waals surface area contributed by atoms with E-state index in [1.165, 1.54) is 0 Å². The van der Waals surface area contributed by atoms with Crippen molar-refractivity contribution in [3.8, 4) is 23.8 Å². The molecule has 0 saturated carbocycles. The SMILES string of the molecule is C#CCOc1c(Br)cc(/C=C2\SC(=O)N(CC(=O)Nc3cccc(Cl)c3)C2=O)cc1OCC. The number of carbonyl (C=O) groups excluding carboxylic acids is 3. The molecular formula is C23H18BrClN2O5S. The number of benzene rings is 2. The van der Waals surface area contributed by atoms with Crippen LogP contribution in [0.15, 0.2) is 45.8 Å². The first-order valence-electron chi connectivity index (χ1n) is 9.65. The van der Waals surface area contributed by atoms with Crippen molar-refractivity contribution in [3.63, 3.8) is 0 Å². The maximum absolute atomic E-state index is 12.8. The van der Waals surface area contributed by atoms with Gasteiger partial charge in [0.2, 0.25) is 5.91 Å². The number of imide groups is 1. The van der Waals surface area contributed by atoms with Gasteiger partial charge in [-0.15, -0.1) is 6.42 Å². The molecule has 0 aliphatic carbocycles. The Bertz CT molecular complexity index is 1180. The highest BCUT2D eigenvalue weighted by Crippen LogP contribution is 2.39. The molecule has 0 atom stereocenters. The van der Waals surface area contributed by atoms with Gasteiger partial charge in [-0.3, -0.25) is 19.3 Å². The van der Waals surface area contributed by atoms with Crippen molar-refractivity contribution < 1.29 is 23.9 Å². The zero-order valence-electron chi connectivity index (χ0n) is 17.4. The fourth-order valence-corrected chi connectivity index (χ4v) is 4.49. The zero-order chi connectivity index (χ0) is 24.0. The number of hydrogen-bond donors (Lipinski definition) is 1. The molecule has 1 heterocycles. The van der Waals surface area contributed by atoms with Gasteiger partial charge in [-0.2, -0.15) is 0 Å². The fourth-order valence-electron chi connectivity index (χ4n) is 2.89. The number of ether oxygens (including phenoxy) is 2. The fraction of sp³-hybridized carbons (Fsp3) is 0.174.